The highest BCUT2D eigenvalue weighted by Gasteiger charge is 2.27. The number of ether oxygens (including phenoxy) is 2. The predicted octanol–water partition coefficient (Wildman–Crippen LogP) is 11.2. The first-order chi connectivity index (χ1) is 28.0. The minimum absolute atomic E-state index is 0.116. The van der Waals surface area contributed by atoms with Crippen molar-refractivity contribution in [2.24, 2.45) is 5.92 Å². The summed E-state index contributed by atoms with van der Waals surface area (Å²) in [5, 5.41) is 28.5. The van der Waals surface area contributed by atoms with E-state index in [1.807, 2.05) is 18.2 Å². The lowest BCUT2D eigenvalue weighted by Gasteiger charge is -2.20. The Labute approximate surface area is 353 Å². The topological polar surface area (TPSA) is 169 Å². The summed E-state index contributed by atoms with van der Waals surface area (Å²) in [5.41, 5.74) is 0. The number of carbonyl (C=O) groups is 2. The molecule has 11 nitrogen and oxygen atoms in total. The maximum absolute atomic E-state index is 12.6. The number of rotatable bonds is 42. The zero-order chi connectivity index (χ0) is 43.0. The van der Waals surface area contributed by atoms with E-state index >= 15 is 0 Å². The van der Waals surface area contributed by atoms with Crippen LogP contribution in [0.1, 0.15) is 194 Å². The van der Waals surface area contributed by atoms with Gasteiger partial charge in [0.15, 0.2) is 6.10 Å². The minimum Gasteiger partial charge on any atom is -0.462 e. The number of carbonyl (C=O) groups excluding carboxylic acids is 2. The Morgan fingerprint density at radius 3 is 1.60 bits per heavy atom. The number of allylic oxidation sites excluding steroid dienone is 5. The van der Waals surface area contributed by atoms with Crippen LogP contribution in [0.3, 0.4) is 0 Å². The quantitative estimate of drug-likeness (QED) is 0.0152. The molecule has 0 saturated carbocycles. The molecule has 0 aromatic heterocycles. The van der Waals surface area contributed by atoms with Gasteiger partial charge >= 0.3 is 19.8 Å². The monoisotopic (exact) mass is 845 g/mol. The molecule has 2 unspecified atom stereocenters. The normalized spacial score (nSPS) is 14.8. The van der Waals surface area contributed by atoms with E-state index in [4.69, 9.17) is 19.1 Å². The van der Waals surface area contributed by atoms with Crippen LogP contribution in [0.15, 0.2) is 36.5 Å². The lowest BCUT2D eigenvalue weighted by molar-refractivity contribution is -0.161. The molecular formula is C46H85O11P. The fourth-order valence-corrected chi connectivity index (χ4v) is 7.09. The fraction of sp³-hybridized carbons (Fsp3) is 0.826. The molecule has 0 bridgehead atoms. The number of hydrogen-bond acceptors (Lipinski definition) is 10. The van der Waals surface area contributed by atoms with Crippen molar-refractivity contribution >= 4 is 19.8 Å². The summed E-state index contributed by atoms with van der Waals surface area (Å²) in [4.78, 5) is 35.1. The summed E-state index contributed by atoms with van der Waals surface area (Å²) in [6.07, 6.45) is 37.0. The van der Waals surface area contributed by atoms with Crippen molar-refractivity contribution in [2.75, 3.05) is 26.4 Å². The average Bonchev–Trinajstić information content (AvgIpc) is 3.19. The van der Waals surface area contributed by atoms with Crippen LogP contribution >= 0.6 is 7.82 Å². The van der Waals surface area contributed by atoms with Crippen LogP contribution in [-0.4, -0.2) is 76.9 Å². The minimum atomic E-state index is -4.64. The highest BCUT2D eigenvalue weighted by Crippen LogP contribution is 2.43. The molecule has 0 spiro atoms. The molecule has 4 atom stereocenters. The van der Waals surface area contributed by atoms with E-state index in [1.165, 1.54) is 83.5 Å². The van der Waals surface area contributed by atoms with Crippen LogP contribution in [0.4, 0.5) is 0 Å². The van der Waals surface area contributed by atoms with Crippen molar-refractivity contribution in [1.29, 1.82) is 0 Å². The Kier molecular flexibility index (Phi) is 39.3. The average molecular weight is 845 g/mol. The highest BCUT2D eigenvalue weighted by atomic mass is 31.2. The van der Waals surface area contributed by atoms with Crippen LogP contribution in [-0.2, 0) is 32.7 Å². The zero-order valence-corrected chi connectivity index (χ0v) is 37.7. The van der Waals surface area contributed by atoms with Gasteiger partial charge in [-0.05, 0) is 38.0 Å². The zero-order valence-electron chi connectivity index (χ0n) is 36.8. The molecule has 0 aromatic rings. The highest BCUT2D eigenvalue weighted by molar-refractivity contribution is 7.47. The number of unbranched alkanes of at least 4 members (excludes halogenated alkanes) is 19. The molecule has 340 valence electrons. The third-order valence-electron chi connectivity index (χ3n) is 9.84. The Hall–Kier alpha value is -1.85. The first-order valence-electron chi connectivity index (χ1n) is 22.9. The van der Waals surface area contributed by atoms with Gasteiger partial charge in [-0.1, -0.05) is 186 Å². The molecule has 0 radical (unpaired) electrons. The molecule has 0 aliphatic carbocycles. The number of phosphoric acid groups is 1. The molecule has 58 heavy (non-hydrogen) atoms. The second-order valence-corrected chi connectivity index (χ2v) is 17.5. The third-order valence-corrected chi connectivity index (χ3v) is 10.8. The molecule has 4 N–H and O–H groups in total. The van der Waals surface area contributed by atoms with Gasteiger partial charge in [0.25, 0.3) is 0 Å². The van der Waals surface area contributed by atoms with Gasteiger partial charge in [-0.25, -0.2) is 4.57 Å². The molecule has 0 fully saturated rings. The number of aliphatic hydroxyl groups is 3. The van der Waals surface area contributed by atoms with Crippen molar-refractivity contribution < 1.29 is 52.9 Å². The first-order valence-corrected chi connectivity index (χ1v) is 24.4. The molecule has 0 rings (SSSR count). The molecule has 0 saturated heterocycles. The molecular weight excluding hydrogens is 759 g/mol. The number of phosphoric ester groups is 1. The third kappa shape index (κ3) is 40.9. The van der Waals surface area contributed by atoms with Gasteiger partial charge in [-0.15, -0.1) is 0 Å². The van der Waals surface area contributed by atoms with Crippen LogP contribution in [0, 0.1) is 5.92 Å². The van der Waals surface area contributed by atoms with Crippen LogP contribution in [0.5, 0.6) is 0 Å². The maximum atomic E-state index is 12.6. The van der Waals surface area contributed by atoms with Gasteiger partial charge in [-0.3, -0.25) is 18.6 Å². The van der Waals surface area contributed by atoms with E-state index in [0.29, 0.717) is 19.3 Å². The molecule has 0 aliphatic rings. The van der Waals surface area contributed by atoms with Crippen molar-refractivity contribution in [3.63, 3.8) is 0 Å². The Morgan fingerprint density at radius 2 is 1.09 bits per heavy atom. The smallest absolute Gasteiger partial charge is 0.462 e. The second kappa shape index (κ2) is 40.6. The van der Waals surface area contributed by atoms with E-state index in [0.717, 1.165) is 63.7 Å². The Morgan fingerprint density at radius 1 is 0.603 bits per heavy atom. The Balaban J connectivity index is 4.30. The van der Waals surface area contributed by atoms with Gasteiger partial charge in [0, 0.05) is 12.8 Å². The number of esters is 2. The van der Waals surface area contributed by atoms with E-state index in [9.17, 15) is 29.3 Å². The van der Waals surface area contributed by atoms with Crippen molar-refractivity contribution in [3.8, 4) is 0 Å². The van der Waals surface area contributed by atoms with Gasteiger partial charge in [0.1, 0.15) is 12.7 Å². The van der Waals surface area contributed by atoms with Crippen LogP contribution in [0.2, 0.25) is 0 Å². The first kappa shape index (κ1) is 56.1. The SMILES string of the molecule is CC/C=C/C/C=C/C=C/C(O)CCCCCCCC(=O)O[C@H](COC(=O)CCCCCCCCCCCCCCCCCCC(C)C)COP(=O)(O)OC[C@@H](O)CO. The number of hydrogen-bond donors (Lipinski definition) is 4. The number of aliphatic hydroxyl groups excluding tert-OH is 3. The summed E-state index contributed by atoms with van der Waals surface area (Å²) >= 11 is 0. The summed E-state index contributed by atoms with van der Waals surface area (Å²) in [5.74, 6) is -0.166. The van der Waals surface area contributed by atoms with Crippen molar-refractivity contribution in [3.05, 3.63) is 36.5 Å². The standard InChI is InChI=1S/C46H85O11P/c1-4-5-6-7-18-23-28-33-42(48)34-29-24-21-26-31-36-46(51)57-44(40-56-58(52,53)55-38-43(49)37-47)39-54-45(50)35-30-25-20-17-15-13-11-9-8-10-12-14-16-19-22-27-32-41(2)3/h5-6,18,23,28,33,41-44,47-49H,4,7-17,19-22,24-27,29-32,34-40H2,1-3H3,(H,52,53)/b6-5+,23-18+,33-28+/t42?,43-,44+/m0/s1. The van der Waals surface area contributed by atoms with Gasteiger partial charge in [-0.2, -0.15) is 0 Å². The van der Waals surface area contributed by atoms with Crippen molar-refractivity contribution in [2.45, 2.75) is 212 Å². The lowest BCUT2D eigenvalue weighted by atomic mass is 10.0. The Bertz CT molecular complexity index is 1090. The summed E-state index contributed by atoms with van der Waals surface area (Å²) < 4.78 is 32.7. The fourth-order valence-electron chi connectivity index (χ4n) is 6.30. The largest absolute Gasteiger partial charge is 0.472 e. The van der Waals surface area contributed by atoms with Crippen molar-refractivity contribution in [1.82, 2.24) is 0 Å². The molecule has 0 heterocycles. The maximum Gasteiger partial charge on any atom is 0.472 e. The van der Waals surface area contributed by atoms with E-state index < -0.39 is 57.9 Å². The summed E-state index contributed by atoms with van der Waals surface area (Å²) in [6.45, 7) is 4.50. The predicted molar refractivity (Wildman–Crippen MR) is 234 cm³/mol. The van der Waals surface area contributed by atoms with E-state index in [-0.39, 0.29) is 19.4 Å². The van der Waals surface area contributed by atoms with Crippen LogP contribution in [0.25, 0.3) is 0 Å². The van der Waals surface area contributed by atoms with Gasteiger partial charge < -0.3 is 29.7 Å². The molecule has 0 amide bonds. The molecule has 0 aromatic carbocycles. The molecule has 12 heteroatoms. The van der Waals surface area contributed by atoms with E-state index in [1.54, 1.807) is 6.08 Å². The molecule has 0 aliphatic heterocycles. The van der Waals surface area contributed by atoms with E-state index in [2.05, 4.69) is 37.4 Å². The summed E-state index contributed by atoms with van der Waals surface area (Å²) in [7, 11) is -4.64. The second-order valence-electron chi connectivity index (χ2n) is 16.1. The van der Waals surface area contributed by atoms with Gasteiger partial charge in [0.2, 0.25) is 0 Å². The summed E-state index contributed by atoms with van der Waals surface area (Å²) in [6, 6.07) is 0. The van der Waals surface area contributed by atoms with Gasteiger partial charge in [0.05, 0.1) is 25.9 Å². The lowest BCUT2D eigenvalue weighted by Crippen LogP contribution is -2.29. The van der Waals surface area contributed by atoms with Crippen LogP contribution < -0.4 is 0 Å².